The quantitative estimate of drug-likeness (QED) is 0.836. The molecule has 1 aliphatic heterocycles. The largest absolute Gasteiger partial charge is 0.496 e. The van der Waals surface area contributed by atoms with E-state index in [2.05, 4.69) is 0 Å². The molecule has 0 bridgehead atoms. The number of methoxy groups -OCH3 is 1. The Labute approximate surface area is 127 Å². The summed E-state index contributed by atoms with van der Waals surface area (Å²) in [6.45, 7) is 6.18. The number of nitrogens with zero attached hydrogens (tertiary/aromatic N) is 1. The van der Waals surface area contributed by atoms with E-state index in [9.17, 15) is 4.79 Å². The van der Waals surface area contributed by atoms with Crippen LogP contribution in [0.4, 0.5) is 0 Å². The molecule has 0 saturated carbocycles. The van der Waals surface area contributed by atoms with Crippen molar-refractivity contribution in [3.63, 3.8) is 0 Å². The molecule has 4 heteroatoms. The minimum Gasteiger partial charge on any atom is -0.496 e. The van der Waals surface area contributed by atoms with Gasteiger partial charge in [0.05, 0.1) is 19.8 Å². The zero-order chi connectivity index (χ0) is 15.2. The lowest BCUT2D eigenvalue weighted by atomic mass is 10.1. The molecule has 0 atom stereocenters. The fourth-order valence-electron chi connectivity index (χ4n) is 2.56. The van der Waals surface area contributed by atoms with Gasteiger partial charge in [-0.25, -0.2) is 0 Å². The highest BCUT2D eigenvalue weighted by molar-refractivity contribution is 5.94. The van der Waals surface area contributed by atoms with Gasteiger partial charge in [0.15, 0.2) is 0 Å². The molecule has 0 radical (unpaired) electrons. The van der Waals surface area contributed by atoms with Gasteiger partial charge in [-0.15, -0.1) is 0 Å². The van der Waals surface area contributed by atoms with E-state index in [-0.39, 0.29) is 12.0 Å². The summed E-state index contributed by atoms with van der Waals surface area (Å²) in [6.07, 6.45) is 3.58. The molecule has 1 aromatic rings. The molecule has 1 aliphatic rings. The van der Waals surface area contributed by atoms with E-state index in [1.54, 1.807) is 7.11 Å². The highest BCUT2D eigenvalue weighted by Gasteiger charge is 2.19. The summed E-state index contributed by atoms with van der Waals surface area (Å²) in [5, 5.41) is 0. The predicted octanol–water partition coefficient (Wildman–Crippen LogP) is 3.25. The highest BCUT2D eigenvalue weighted by Crippen LogP contribution is 2.23. The van der Waals surface area contributed by atoms with E-state index in [1.165, 1.54) is 6.42 Å². The molecule has 0 aliphatic carbocycles. The third-order valence-electron chi connectivity index (χ3n) is 3.74. The van der Waals surface area contributed by atoms with Crippen molar-refractivity contribution in [1.29, 1.82) is 0 Å². The first-order valence-electron chi connectivity index (χ1n) is 7.69. The van der Waals surface area contributed by atoms with Crippen molar-refractivity contribution in [2.75, 3.05) is 20.2 Å². The number of carbonyl (C=O) groups excluding carboxylic acids is 1. The number of amides is 1. The average molecular weight is 291 g/mol. The molecule has 1 fully saturated rings. The lowest BCUT2D eigenvalue weighted by molar-refractivity contribution is 0.0642. The van der Waals surface area contributed by atoms with Crippen LogP contribution in [0.15, 0.2) is 18.2 Å². The van der Waals surface area contributed by atoms with E-state index in [0.717, 1.165) is 42.8 Å². The summed E-state index contributed by atoms with van der Waals surface area (Å²) in [5.41, 5.74) is 1.65. The van der Waals surface area contributed by atoms with E-state index in [4.69, 9.17) is 9.47 Å². The van der Waals surface area contributed by atoms with E-state index >= 15 is 0 Å². The maximum Gasteiger partial charge on any atom is 0.253 e. The summed E-state index contributed by atoms with van der Waals surface area (Å²) >= 11 is 0. The Morgan fingerprint density at radius 2 is 1.95 bits per heavy atom. The molecule has 4 nitrogen and oxygen atoms in total. The van der Waals surface area contributed by atoms with E-state index in [1.807, 2.05) is 36.9 Å². The molecule has 0 aromatic heterocycles. The summed E-state index contributed by atoms with van der Waals surface area (Å²) in [7, 11) is 1.64. The Balaban J connectivity index is 2.15. The van der Waals surface area contributed by atoms with Gasteiger partial charge in [0.2, 0.25) is 0 Å². The number of hydrogen-bond acceptors (Lipinski definition) is 3. The van der Waals surface area contributed by atoms with Crippen molar-refractivity contribution >= 4 is 5.91 Å². The van der Waals surface area contributed by atoms with Crippen molar-refractivity contribution in [2.45, 2.75) is 45.8 Å². The summed E-state index contributed by atoms with van der Waals surface area (Å²) < 4.78 is 11.0. The zero-order valence-corrected chi connectivity index (χ0v) is 13.2. The van der Waals surface area contributed by atoms with Gasteiger partial charge >= 0.3 is 0 Å². The average Bonchev–Trinajstić information content (AvgIpc) is 2.52. The number of likely N-dealkylation sites (tertiary alicyclic amines) is 1. The number of rotatable bonds is 5. The standard InChI is InChI=1S/C17H25NO3/c1-13(2)21-12-15-11-14(7-8-16(15)20-3)17(19)18-9-5-4-6-10-18/h7-8,11,13H,4-6,9-10,12H2,1-3H3. The number of hydrogen-bond donors (Lipinski definition) is 0. The molecular weight excluding hydrogens is 266 g/mol. The second-order valence-electron chi connectivity index (χ2n) is 5.74. The van der Waals surface area contributed by atoms with Crippen LogP contribution in [0.2, 0.25) is 0 Å². The number of piperidine rings is 1. The third-order valence-corrected chi connectivity index (χ3v) is 3.74. The van der Waals surface area contributed by atoms with E-state index in [0.29, 0.717) is 6.61 Å². The van der Waals surface area contributed by atoms with Gasteiger partial charge in [0, 0.05) is 24.2 Å². The minimum absolute atomic E-state index is 0.114. The summed E-state index contributed by atoms with van der Waals surface area (Å²) in [4.78, 5) is 14.5. The van der Waals surface area contributed by atoms with Gasteiger partial charge in [0.1, 0.15) is 5.75 Å². The molecule has 1 aromatic carbocycles. The second-order valence-corrected chi connectivity index (χ2v) is 5.74. The number of carbonyl (C=O) groups is 1. The van der Waals surface area contributed by atoms with Gasteiger partial charge in [0.25, 0.3) is 5.91 Å². The van der Waals surface area contributed by atoms with Crippen molar-refractivity contribution < 1.29 is 14.3 Å². The fourth-order valence-corrected chi connectivity index (χ4v) is 2.56. The predicted molar refractivity (Wildman–Crippen MR) is 82.7 cm³/mol. The third kappa shape index (κ3) is 4.21. The van der Waals surface area contributed by atoms with Crippen LogP contribution < -0.4 is 4.74 Å². The second kappa shape index (κ2) is 7.46. The van der Waals surface area contributed by atoms with Crippen LogP contribution in [-0.2, 0) is 11.3 Å². The smallest absolute Gasteiger partial charge is 0.253 e. The van der Waals surface area contributed by atoms with Crippen LogP contribution in [0.5, 0.6) is 5.75 Å². The van der Waals surface area contributed by atoms with Gasteiger partial charge in [-0.2, -0.15) is 0 Å². The van der Waals surface area contributed by atoms with Gasteiger partial charge in [-0.05, 0) is 51.3 Å². The molecule has 0 unspecified atom stereocenters. The molecule has 1 saturated heterocycles. The van der Waals surface area contributed by atoms with Crippen molar-refractivity contribution in [2.24, 2.45) is 0 Å². The lowest BCUT2D eigenvalue weighted by Gasteiger charge is -2.27. The first-order chi connectivity index (χ1) is 10.1. The summed E-state index contributed by atoms with van der Waals surface area (Å²) in [6, 6.07) is 5.60. The number of benzene rings is 1. The first kappa shape index (κ1) is 15.8. The van der Waals surface area contributed by atoms with Crippen LogP contribution in [0.3, 0.4) is 0 Å². The van der Waals surface area contributed by atoms with Crippen molar-refractivity contribution in [1.82, 2.24) is 4.90 Å². The lowest BCUT2D eigenvalue weighted by Crippen LogP contribution is -2.35. The molecular formula is C17H25NO3. The molecule has 0 spiro atoms. The van der Waals surface area contributed by atoms with Gasteiger partial charge in [-0.1, -0.05) is 0 Å². The monoisotopic (exact) mass is 291 g/mol. The van der Waals surface area contributed by atoms with E-state index < -0.39 is 0 Å². The normalized spacial score (nSPS) is 15.3. The number of ether oxygens (including phenoxy) is 2. The SMILES string of the molecule is COc1ccc(C(=O)N2CCCCC2)cc1COC(C)C. The van der Waals surface area contributed by atoms with Crippen molar-refractivity contribution in [3.05, 3.63) is 29.3 Å². The van der Waals surface area contributed by atoms with Crippen LogP contribution in [-0.4, -0.2) is 37.1 Å². The summed E-state index contributed by atoms with van der Waals surface area (Å²) in [5.74, 6) is 0.883. The molecule has 1 amide bonds. The Morgan fingerprint density at radius 1 is 1.24 bits per heavy atom. The Hall–Kier alpha value is -1.55. The topological polar surface area (TPSA) is 38.8 Å². The molecule has 21 heavy (non-hydrogen) atoms. The van der Waals surface area contributed by atoms with Gasteiger partial charge in [-0.3, -0.25) is 4.79 Å². The van der Waals surface area contributed by atoms with Crippen LogP contribution in [0.25, 0.3) is 0 Å². The highest BCUT2D eigenvalue weighted by atomic mass is 16.5. The Kier molecular flexibility index (Phi) is 5.62. The van der Waals surface area contributed by atoms with Crippen molar-refractivity contribution in [3.8, 4) is 5.75 Å². The maximum absolute atomic E-state index is 12.5. The Bertz CT molecular complexity index is 479. The molecule has 116 valence electrons. The van der Waals surface area contributed by atoms with Crippen LogP contribution in [0, 0.1) is 0 Å². The first-order valence-corrected chi connectivity index (χ1v) is 7.69. The fraction of sp³-hybridized carbons (Fsp3) is 0.588. The Morgan fingerprint density at radius 3 is 2.57 bits per heavy atom. The molecule has 1 heterocycles. The molecule has 2 rings (SSSR count). The molecule has 0 N–H and O–H groups in total. The zero-order valence-electron chi connectivity index (χ0n) is 13.2. The van der Waals surface area contributed by atoms with Crippen LogP contribution in [0.1, 0.15) is 49.0 Å². The minimum atomic E-state index is 0.114. The van der Waals surface area contributed by atoms with Crippen LogP contribution >= 0.6 is 0 Å². The maximum atomic E-state index is 12.5. The van der Waals surface area contributed by atoms with Gasteiger partial charge < -0.3 is 14.4 Å².